The van der Waals surface area contributed by atoms with Gasteiger partial charge in [-0.1, -0.05) is 32.3 Å². The third-order valence-electron chi connectivity index (χ3n) is 7.46. The first-order valence-corrected chi connectivity index (χ1v) is 15.5. The number of benzene rings is 1. The van der Waals surface area contributed by atoms with Gasteiger partial charge in [0.2, 0.25) is 0 Å². The van der Waals surface area contributed by atoms with Crippen LogP contribution < -0.4 is 9.46 Å². The third kappa shape index (κ3) is 6.85. The monoisotopic (exact) mass is 549 g/mol. The predicted octanol–water partition coefficient (Wildman–Crippen LogP) is 4.28. The van der Waals surface area contributed by atoms with Gasteiger partial charge in [-0.2, -0.15) is 0 Å². The van der Waals surface area contributed by atoms with Crippen molar-refractivity contribution in [2.75, 3.05) is 38.0 Å². The van der Waals surface area contributed by atoms with Crippen molar-refractivity contribution in [2.24, 2.45) is 11.8 Å². The molecule has 3 atom stereocenters. The molecule has 4 rings (SSSR count). The van der Waals surface area contributed by atoms with Gasteiger partial charge >= 0.3 is 0 Å². The summed E-state index contributed by atoms with van der Waals surface area (Å²) in [6.07, 6.45) is 6.32. The third-order valence-corrected chi connectivity index (χ3v) is 10.2. The Kier molecular flexibility index (Phi) is 9.15. The second-order valence-corrected chi connectivity index (χ2v) is 13.5. The SMILES string of the molecule is C[C@@H]1CN([C@@H](C)CO)C(=O)c2cc(NS(=O)(=O)c3cccs3)ccc2O[C@@H]1CN(C)CC1CCCCC1. The minimum atomic E-state index is -3.76. The average Bonchev–Trinajstić information content (AvgIpc) is 3.43. The number of nitrogens with zero attached hydrogens (tertiary/aromatic N) is 2. The highest BCUT2D eigenvalue weighted by molar-refractivity contribution is 7.94. The van der Waals surface area contributed by atoms with Crippen LogP contribution in [0.2, 0.25) is 0 Å². The van der Waals surface area contributed by atoms with Crippen LogP contribution in [0.25, 0.3) is 0 Å². The van der Waals surface area contributed by atoms with E-state index < -0.39 is 10.0 Å². The summed E-state index contributed by atoms with van der Waals surface area (Å²) < 4.78 is 34.8. The van der Waals surface area contributed by atoms with Crippen LogP contribution in [-0.2, 0) is 10.0 Å². The lowest BCUT2D eigenvalue weighted by Gasteiger charge is -2.38. The van der Waals surface area contributed by atoms with Gasteiger partial charge in [0.05, 0.1) is 18.2 Å². The molecule has 2 aliphatic rings. The van der Waals surface area contributed by atoms with Crippen molar-refractivity contribution in [1.29, 1.82) is 0 Å². The second kappa shape index (κ2) is 12.1. The first kappa shape index (κ1) is 27.9. The number of carbonyl (C=O) groups is 1. The molecule has 0 saturated heterocycles. The van der Waals surface area contributed by atoms with E-state index in [2.05, 4.69) is 23.6 Å². The average molecular weight is 550 g/mol. The number of fused-ring (bicyclic) bond motifs is 1. The lowest BCUT2D eigenvalue weighted by molar-refractivity contribution is 0.0330. The predicted molar refractivity (Wildman–Crippen MR) is 147 cm³/mol. The van der Waals surface area contributed by atoms with E-state index >= 15 is 0 Å². The van der Waals surface area contributed by atoms with E-state index in [1.54, 1.807) is 34.5 Å². The first-order valence-electron chi connectivity index (χ1n) is 13.2. The number of sulfonamides is 1. The molecule has 1 fully saturated rings. The number of hydrogen-bond acceptors (Lipinski definition) is 7. The van der Waals surface area contributed by atoms with E-state index in [1.165, 1.54) is 38.2 Å². The normalized spacial score (nSPS) is 22.2. The van der Waals surface area contributed by atoms with Crippen LogP contribution in [0, 0.1) is 11.8 Å². The molecule has 1 aliphatic carbocycles. The molecular weight excluding hydrogens is 510 g/mol. The van der Waals surface area contributed by atoms with Crippen LogP contribution >= 0.6 is 11.3 Å². The highest BCUT2D eigenvalue weighted by atomic mass is 32.2. The van der Waals surface area contributed by atoms with Gasteiger partial charge in [-0.25, -0.2) is 8.42 Å². The minimum absolute atomic E-state index is 0.0388. The maximum Gasteiger partial charge on any atom is 0.271 e. The summed E-state index contributed by atoms with van der Waals surface area (Å²) in [5.74, 6) is 0.898. The molecule has 2 aromatic rings. The number of aliphatic hydroxyl groups is 1. The Bertz CT molecular complexity index is 1150. The van der Waals surface area contributed by atoms with Gasteiger partial charge in [0.25, 0.3) is 15.9 Å². The maximum absolute atomic E-state index is 13.6. The number of rotatable bonds is 9. The Balaban J connectivity index is 1.60. The molecule has 0 spiro atoms. The molecule has 2 heterocycles. The zero-order valence-electron chi connectivity index (χ0n) is 21.9. The topological polar surface area (TPSA) is 99.2 Å². The number of hydrogen-bond donors (Lipinski definition) is 2. The van der Waals surface area contributed by atoms with Gasteiger partial charge in [0.15, 0.2) is 0 Å². The van der Waals surface area contributed by atoms with Gasteiger partial charge < -0.3 is 19.6 Å². The number of carbonyl (C=O) groups excluding carboxylic acids is 1. The van der Waals surface area contributed by atoms with Crippen LogP contribution in [0.15, 0.2) is 39.9 Å². The van der Waals surface area contributed by atoms with Crippen LogP contribution in [-0.4, -0.2) is 74.7 Å². The molecule has 1 aromatic heterocycles. The summed E-state index contributed by atoms with van der Waals surface area (Å²) in [5.41, 5.74) is 0.582. The standard InChI is InChI=1S/C27H39N3O5S2/c1-19-15-30(20(2)18-31)27(32)23-14-22(28-37(33,34)26-10-7-13-36-26)11-12-24(23)35-25(19)17-29(3)16-21-8-5-4-6-9-21/h7,10-14,19-21,25,28,31H,4-6,8-9,15-18H2,1-3H3/t19-,20+,25-/m1/s1. The smallest absolute Gasteiger partial charge is 0.271 e. The molecule has 10 heteroatoms. The van der Waals surface area contributed by atoms with Gasteiger partial charge in [0, 0.05) is 31.2 Å². The second-order valence-electron chi connectivity index (χ2n) is 10.6. The first-order chi connectivity index (χ1) is 17.7. The number of amides is 1. The molecule has 0 unspecified atom stereocenters. The lowest BCUT2D eigenvalue weighted by atomic mass is 9.89. The summed E-state index contributed by atoms with van der Waals surface area (Å²) >= 11 is 1.13. The summed E-state index contributed by atoms with van der Waals surface area (Å²) in [6, 6.07) is 7.68. The van der Waals surface area contributed by atoms with E-state index in [0.29, 0.717) is 29.5 Å². The molecular formula is C27H39N3O5S2. The fraction of sp³-hybridized carbons (Fsp3) is 0.593. The van der Waals surface area contributed by atoms with Crippen molar-refractivity contribution in [2.45, 2.75) is 62.3 Å². The Hall–Kier alpha value is -2.14. The van der Waals surface area contributed by atoms with E-state index in [0.717, 1.165) is 24.4 Å². The fourth-order valence-corrected chi connectivity index (χ4v) is 7.36. The van der Waals surface area contributed by atoms with Gasteiger partial charge in [-0.15, -0.1) is 11.3 Å². The van der Waals surface area contributed by atoms with Crippen molar-refractivity contribution in [1.82, 2.24) is 9.80 Å². The van der Waals surface area contributed by atoms with E-state index in [4.69, 9.17) is 4.74 Å². The zero-order valence-corrected chi connectivity index (χ0v) is 23.6. The number of thiophene rings is 1. The minimum Gasteiger partial charge on any atom is -0.488 e. The molecule has 1 saturated carbocycles. The molecule has 0 radical (unpaired) electrons. The summed E-state index contributed by atoms with van der Waals surface area (Å²) in [5, 5.41) is 11.6. The molecule has 37 heavy (non-hydrogen) atoms. The van der Waals surface area contributed by atoms with Crippen LogP contribution in [0.1, 0.15) is 56.3 Å². The fourth-order valence-electron chi connectivity index (χ4n) is 5.32. The number of aliphatic hydroxyl groups excluding tert-OH is 1. The van der Waals surface area contributed by atoms with Crippen LogP contribution in [0.5, 0.6) is 5.75 Å². The Morgan fingerprint density at radius 3 is 2.65 bits per heavy atom. The van der Waals surface area contributed by atoms with E-state index in [1.807, 2.05) is 6.92 Å². The maximum atomic E-state index is 13.6. The largest absolute Gasteiger partial charge is 0.488 e. The van der Waals surface area contributed by atoms with E-state index in [-0.39, 0.29) is 34.8 Å². The molecule has 0 bridgehead atoms. The highest BCUT2D eigenvalue weighted by Gasteiger charge is 2.34. The van der Waals surface area contributed by atoms with Crippen molar-refractivity contribution < 1.29 is 23.1 Å². The molecule has 2 N–H and O–H groups in total. The molecule has 1 amide bonds. The lowest BCUT2D eigenvalue weighted by Crippen LogP contribution is -2.50. The summed E-state index contributed by atoms with van der Waals surface area (Å²) in [4.78, 5) is 17.6. The van der Waals surface area contributed by atoms with Gasteiger partial charge in [-0.3, -0.25) is 9.52 Å². The number of likely N-dealkylation sites (N-methyl/N-ethyl adjacent to an activating group) is 1. The van der Waals surface area contributed by atoms with Crippen LogP contribution in [0.3, 0.4) is 0 Å². The zero-order chi connectivity index (χ0) is 26.6. The van der Waals surface area contributed by atoms with Crippen molar-refractivity contribution >= 4 is 33.0 Å². The Morgan fingerprint density at radius 1 is 1.22 bits per heavy atom. The van der Waals surface area contributed by atoms with E-state index in [9.17, 15) is 18.3 Å². The molecule has 204 valence electrons. The number of anilines is 1. The highest BCUT2D eigenvalue weighted by Crippen LogP contribution is 2.32. The quantitative estimate of drug-likeness (QED) is 0.484. The summed E-state index contributed by atoms with van der Waals surface area (Å²) in [6.45, 7) is 5.93. The molecule has 1 aromatic carbocycles. The molecule has 1 aliphatic heterocycles. The van der Waals surface area contributed by atoms with Gasteiger partial charge in [0.1, 0.15) is 16.1 Å². The number of ether oxygens (including phenoxy) is 1. The van der Waals surface area contributed by atoms with Crippen molar-refractivity contribution in [3.8, 4) is 5.75 Å². The van der Waals surface area contributed by atoms with Crippen LogP contribution in [0.4, 0.5) is 5.69 Å². The van der Waals surface area contributed by atoms with Crippen molar-refractivity contribution in [3.63, 3.8) is 0 Å². The summed E-state index contributed by atoms with van der Waals surface area (Å²) in [7, 11) is -1.63. The Labute approximate surface area is 224 Å². The molecule has 8 nitrogen and oxygen atoms in total. The van der Waals surface area contributed by atoms with Crippen molar-refractivity contribution in [3.05, 3.63) is 41.3 Å². The Morgan fingerprint density at radius 2 is 1.97 bits per heavy atom. The van der Waals surface area contributed by atoms with Gasteiger partial charge in [-0.05, 0) is 62.4 Å². The number of nitrogens with one attached hydrogen (secondary N) is 1.